The van der Waals surface area contributed by atoms with Gasteiger partial charge in [-0.3, -0.25) is 0 Å². The third-order valence-corrected chi connectivity index (χ3v) is 12.1. The maximum absolute atomic E-state index is 11.3. The molecule has 0 N–H and O–H groups in total. The van der Waals surface area contributed by atoms with E-state index >= 15 is 0 Å². The molecule has 4 rings (SSSR count). The van der Waals surface area contributed by atoms with Crippen LogP contribution in [0.4, 0.5) is 5.69 Å². The first-order valence-electron chi connectivity index (χ1n) is 12.5. The third-order valence-electron chi connectivity index (χ3n) is 6.71. The standard InChI is InChI=1S/C28H34N2O4SSe2/c1-7-21(15-27-29(8-2)22-12-18(3)19(4)14-25(22)36-27)16-28-30(10-9-11-35(31,32)33)23-13-20(5)24(34-6)17-26(23)37-28/h12-17H,7-11H2,1-6H3. The van der Waals surface area contributed by atoms with E-state index in [1.54, 1.807) is 7.11 Å². The summed E-state index contributed by atoms with van der Waals surface area (Å²) in [5, 5.41) is 0. The number of rotatable bonds is 9. The van der Waals surface area contributed by atoms with Crippen LogP contribution in [0.25, 0.3) is 15.9 Å². The van der Waals surface area contributed by atoms with Crippen LogP contribution in [0.3, 0.4) is 0 Å². The summed E-state index contributed by atoms with van der Waals surface area (Å²) in [5.74, 6) is 0.509. The molecule has 0 amide bonds. The number of allylic oxidation sites excluding steroid dienone is 2. The van der Waals surface area contributed by atoms with E-state index in [-0.39, 0.29) is 35.2 Å². The number of benzene rings is 2. The van der Waals surface area contributed by atoms with Crippen molar-refractivity contribution in [3.05, 3.63) is 61.8 Å². The molecule has 37 heavy (non-hydrogen) atoms. The fourth-order valence-corrected chi connectivity index (χ4v) is 10.2. The van der Waals surface area contributed by atoms with Crippen LogP contribution in [0.1, 0.15) is 47.9 Å². The zero-order valence-electron chi connectivity index (χ0n) is 22.3. The number of ether oxygens (including phenoxy) is 1. The summed E-state index contributed by atoms with van der Waals surface area (Å²) < 4.78 is 46.8. The number of hydrogen-bond acceptors (Lipinski definition) is 5. The first kappa shape index (κ1) is 28.2. The fraction of sp³-hybridized carbons (Fsp3) is 0.393. The van der Waals surface area contributed by atoms with E-state index in [1.807, 2.05) is 6.92 Å². The summed E-state index contributed by atoms with van der Waals surface area (Å²) in [6, 6.07) is 8.88. The van der Waals surface area contributed by atoms with Crippen LogP contribution in [0, 0.1) is 20.8 Å². The first-order valence-corrected chi connectivity index (χ1v) is 17.5. The summed E-state index contributed by atoms with van der Waals surface area (Å²) in [4.78, 5) is 2.44. The van der Waals surface area contributed by atoms with Gasteiger partial charge in [-0.05, 0) is 0 Å². The molecule has 198 valence electrons. The third kappa shape index (κ3) is 6.25. The Morgan fingerprint density at radius 2 is 1.84 bits per heavy atom. The molecule has 2 aromatic carbocycles. The van der Waals surface area contributed by atoms with Crippen molar-refractivity contribution in [3.8, 4) is 5.75 Å². The second-order valence-electron chi connectivity index (χ2n) is 9.30. The monoisotopic (exact) mass is 654 g/mol. The summed E-state index contributed by atoms with van der Waals surface area (Å²) in [6.45, 7) is 12.2. The van der Waals surface area contributed by atoms with Crippen LogP contribution in [0.5, 0.6) is 5.75 Å². The van der Waals surface area contributed by atoms with Gasteiger partial charge in [-0.25, -0.2) is 0 Å². The summed E-state index contributed by atoms with van der Waals surface area (Å²) in [7, 11) is -2.56. The van der Waals surface area contributed by atoms with Gasteiger partial charge in [0.05, 0.1) is 0 Å². The molecule has 1 aromatic heterocycles. The van der Waals surface area contributed by atoms with Gasteiger partial charge < -0.3 is 0 Å². The maximum atomic E-state index is 11.3. The van der Waals surface area contributed by atoms with Crippen molar-refractivity contribution in [2.75, 3.05) is 24.3 Å². The molecule has 0 bridgehead atoms. The second-order valence-corrected chi connectivity index (χ2v) is 15.3. The van der Waals surface area contributed by atoms with Gasteiger partial charge in [-0.15, -0.1) is 0 Å². The average Bonchev–Trinajstić information content (AvgIpc) is 3.33. The van der Waals surface area contributed by atoms with Crippen molar-refractivity contribution in [2.24, 2.45) is 0 Å². The fourth-order valence-electron chi connectivity index (χ4n) is 4.54. The second kappa shape index (κ2) is 11.5. The van der Waals surface area contributed by atoms with Gasteiger partial charge in [-0.1, -0.05) is 0 Å². The van der Waals surface area contributed by atoms with Crippen molar-refractivity contribution in [1.82, 2.24) is 0 Å². The number of fused-ring (bicyclic) bond motifs is 2. The minimum absolute atomic E-state index is 0.0496. The van der Waals surface area contributed by atoms with Crippen molar-refractivity contribution in [1.29, 1.82) is 0 Å². The number of aromatic nitrogens is 1. The molecular formula is C28H34N2O4SSe2. The van der Waals surface area contributed by atoms with E-state index in [9.17, 15) is 13.0 Å². The molecule has 9 heteroatoms. The van der Waals surface area contributed by atoms with E-state index in [0.29, 0.717) is 13.0 Å². The Kier molecular flexibility index (Phi) is 8.74. The van der Waals surface area contributed by atoms with Gasteiger partial charge in [0, 0.05) is 0 Å². The van der Waals surface area contributed by atoms with Gasteiger partial charge in [0.2, 0.25) is 0 Å². The molecule has 3 aromatic rings. The molecular weight excluding hydrogens is 618 g/mol. The van der Waals surface area contributed by atoms with Crippen LogP contribution in [0.2, 0.25) is 0 Å². The molecule has 1 aliphatic heterocycles. The Labute approximate surface area is 232 Å². The van der Waals surface area contributed by atoms with Crippen molar-refractivity contribution < 1.29 is 22.3 Å². The number of aryl methyl sites for hydroxylation is 4. The van der Waals surface area contributed by atoms with Crippen molar-refractivity contribution in [3.63, 3.8) is 0 Å². The van der Waals surface area contributed by atoms with Crippen molar-refractivity contribution >= 4 is 65.6 Å². The normalized spacial score (nSPS) is 15.2. The molecule has 0 radical (unpaired) electrons. The van der Waals surface area contributed by atoms with Crippen LogP contribution in [-0.4, -0.2) is 61.8 Å². The number of methoxy groups -OCH3 is 1. The van der Waals surface area contributed by atoms with Gasteiger partial charge >= 0.3 is 234 Å². The summed E-state index contributed by atoms with van der Waals surface area (Å²) >= 11 is 0.299. The van der Waals surface area contributed by atoms with Gasteiger partial charge in [-0.2, -0.15) is 0 Å². The SMILES string of the molecule is CCC(=Cc1[se]c2cc(OC)c(C)cc2[n+]1CCCS(=O)(=O)[O-])C=C1[Se]c2cc(C)c(C)cc2N1CC. The van der Waals surface area contributed by atoms with E-state index in [2.05, 4.69) is 73.6 Å². The number of anilines is 1. The van der Waals surface area contributed by atoms with Gasteiger partial charge in [0.1, 0.15) is 0 Å². The minimum atomic E-state index is -4.24. The number of nitrogens with zero attached hydrogens (tertiary/aromatic N) is 2. The Morgan fingerprint density at radius 3 is 2.49 bits per heavy atom. The average molecular weight is 653 g/mol. The first-order chi connectivity index (χ1) is 17.5. The summed E-state index contributed by atoms with van der Waals surface area (Å²) in [6.07, 6.45) is 5.83. The Hall–Kier alpha value is -1.86. The van der Waals surface area contributed by atoms with Gasteiger partial charge in [0.25, 0.3) is 0 Å². The zero-order chi connectivity index (χ0) is 26.9. The molecule has 0 unspecified atom stereocenters. The Morgan fingerprint density at radius 1 is 1.11 bits per heavy atom. The Bertz CT molecular complexity index is 1510. The van der Waals surface area contributed by atoms with Crippen LogP contribution in [0.15, 0.2) is 40.5 Å². The quantitative estimate of drug-likeness (QED) is 0.201. The predicted molar refractivity (Wildman–Crippen MR) is 152 cm³/mol. The van der Waals surface area contributed by atoms with E-state index in [1.165, 1.54) is 40.3 Å². The molecule has 6 nitrogen and oxygen atoms in total. The van der Waals surface area contributed by atoms with E-state index < -0.39 is 10.1 Å². The Balaban J connectivity index is 1.76. The molecule has 0 saturated heterocycles. The van der Waals surface area contributed by atoms with E-state index in [4.69, 9.17) is 4.74 Å². The predicted octanol–water partition coefficient (Wildman–Crippen LogP) is 3.56. The number of hydrogen-bond donors (Lipinski definition) is 0. The van der Waals surface area contributed by atoms with Gasteiger partial charge in [0.15, 0.2) is 0 Å². The molecule has 2 heterocycles. The molecule has 0 atom stereocenters. The molecule has 0 fully saturated rings. The molecule has 0 saturated carbocycles. The molecule has 0 spiro atoms. The van der Waals surface area contributed by atoms with E-state index in [0.717, 1.165) is 29.8 Å². The van der Waals surface area contributed by atoms with Crippen LogP contribution in [-0.2, 0) is 16.7 Å². The molecule has 1 aliphatic rings. The molecule has 0 aliphatic carbocycles. The van der Waals surface area contributed by atoms with Crippen LogP contribution < -0.4 is 18.7 Å². The zero-order valence-corrected chi connectivity index (χ0v) is 26.5. The topological polar surface area (TPSA) is 73.5 Å². The van der Waals surface area contributed by atoms with Crippen LogP contribution >= 0.6 is 0 Å². The summed E-state index contributed by atoms with van der Waals surface area (Å²) in [5.41, 5.74) is 7.38. The van der Waals surface area contributed by atoms with Crippen molar-refractivity contribution in [2.45, 2.75) is 54.0 Å².